The van der Waals surface area contributed by atoms with E-state index in [1.807, 2.05) is 0 Å². The minimum absolute atomic E-state index is 0.501. The standard InChI is InChI=1S/C20H32N2/c1-2-3-4-5-6-10-17-22-18-11-16-21-20(22)15-14-19-12-8-7-9-13-19/h7-9,11-13,18,20-21H,2-6,10,14-17H2,1H3. The Morgan fingerprint density at radius 2 is 1.82 bits per heavy atom. The van der Waals surface area contributed by atoms with Gasteiger partial charge < -0.3 is 4.90 Å². The van der Waals surface area contributed by atoms with E-state index in [0.29, 0.717) is 6.17 Å². The fourth-order valence-corrected chi connectivity index (χ4v) is 3.13. The second kappa shape index (κ2) is 10.4. The predicted octanol–water partition coefficient (Wildman–Crippen LogP) is 4.72. The summed E-state index contributed by atoms with van der Waals surface area (Å²) in [6.07, 6.45) is 15.6. The van der Waals surface area contributed by atoms with E-state index in [-0.39, 0.29) is 0 Å². The van der Waals surface area contributed by atoms with E-state index in [2.05, 4.69) is 59.7 Å². The molecule has 0 amide bonds. The van der Waals surface area contributed by atoms with Crippen LogP contribution in [0.4, 0.5) is 0 Å². The highest BCUT2D eigenvalue weighted by atomic mass is 15.3. The molecule has 2 heteroatoms. The monoisotopic (exact) mass is 300 g/mol. The highest BCUT2D eigenvalue weighted by Gasteiger charge is 2.16. The maximum atomic E-state index is 3.64. The molecule has 1 N–H and O–H groups in total. The Labute approximate surface area is 136 Å². The molecular formula is C20H32N2. The minimum Gasteiger partial charge on any atom is -0.362 e. The fourth-order valence-electron chi connectivity index (χ4n) is 3.13. The van der Waals surface area contributed by atoms with E-state index in [0.717, 1.165) is 13.0 Å². The van der Waals surface area contributed by atoms with Crippen LogP contribution < -0.4 is 5.32 Å². The maximum Gasteiger partial charge on any atom is 0.0795 e. The third-order valence-electron chi connectivity index (χ3n) is 4.49. The molecule has 2 nitrogen and oxygen atoms in total. The van der Waals surface area contributed by atoms with E-state index < -0.39 is 0 Å². The van der Waals surface area contributed by atoms with Crippen molar-refractivity contribution in [3.63, 3.8) is 0 Å². The number of aryl methyl sites for hydroxylation is 1. The molecule has 1 aliphatic heterocycles. The Balaban J connectivity index is 1.69. The molecule has 2 rings (SSSR count). The summed E-state index contributed by atoms with van der Waals surface area (Å²) in [7, 11) is 0. The Bertz CT molecular complexity index is 413. The molecule has 1 aliphatic rings. The lowest BCUT2D eigenvalue weighted by atomic mass is 10.1. The van der Waals surface area contributed by atoms with Gasteiger partial charge in [-0.25, -0.2) is 0 Å². The van der Waals surface area contributed by atoms with Crippen molar-refractivity contribution in [2.45, 2.75) is 64.5 Å². The van der Waals surface area contributed by atoms with Crippen LogP contribution in [0.25, 0.3) is 0 Å². The van der Waals surface area contributed by atoms with Gasteiger partial charge >= 0.3 is 0 Å². The minimum atomic E-state index is 0.501. The first kappa shape index (κ1) is 17.1. The smallest absolute Gasteiger partial charge is 0.0795 e. The van der Waals surface area contributed by atoms with Crippen molar-refractivity contribution < 1.29 is 0 Å². The zero-order valence-electron chi connectivity index (χ0n) is 14.1. The number of hydrogen-bond donors (Lipinski definition) is 1. The van der Waals surface area contributed by atoms with Gasteiger partial charge in [0.1, 0.15) is 0 Å². The second-order valence-corrected chi connectivity index (χ2v) is 6.34. The van der Waals surface area contributed by atoms with Crippen LogP contribution in [0.15, 0.2) is 42.6 Å². The highest BCUT2D eigenvalue weighted by molar-refractivity contribution is 5.15. The van der Waals surface area contributed by atoms with E-state index in [1.165, 1.54) is 57.1 Å². The molecule has 0 aliphatic carbocycles. The Hall–Kier alpha value is -1.28. The van der Waals surface area contributed by atoms with E-state index >= 15 is 0 Å². The normalized spacial score (nSPS) is 17.9. The summed E-state index contributed by atoms with van der Waals surface area (Å²) < 4.78 is 0. The molecule has 0 saturated heterocycles. The molecule has 0 bridgehead atoms. The van der Waals surface area contributed by atoms with Crippen LogP contribution in [0.5, 0.6) is 0 Å². The van der Waals surface area contributed by atoms with Crippen LogP contribution in [0.1, 0.15) is 57.4 Å². The molecule has 0 fully saturated rings. The van der Waals surface area contributed by atoms with Crippen LogP contribution in [0.3, 0.4) is 0 Å². The van der Waals surface area contributed by atoms with Gasteiger partial charge in [0, 0.05) is 13.1 Å². The lowest BCUT2D eigenvalue weighted by molar-refractivity contribution is 0.210. The molecule has 1 unspecified atom stereocenters. The molecule has 1 aromatic carbocycles. The first-order chi connectivity index (χ1) is 10.9. The Morgan fingerprint density at radius 3 is 2.64 bits per heavy atom. The van der Waals surface area contributed by atoms with Crippen molar-refractivity contribution in [1.29, 1.82) is 0 Å². The van der Waals surface area contributed by atoms with Crippen molar-refractivity contribution in [1.82, 2.24) is 10.2 Å². The average Bonchev–Trinajstić information content (AvgIpc) is 2.58. The molecule has 22 heavy (non-hydrogen) atoms. The van der Waals surface area contributed by atoms with Gasteiger partial charge in [0.25, 0.3) is 0 Å². The molecular weight excluding hydrogens is 268 g/mol. The molecule has 122 valence electrons. The fraction of sp³-hybridized carbons (Fsp3) is 0.600. The van der Waals surface area contributed by atoms with Gasteiger partial charge in [0.15, 0.2) is 0 Å². The van der Waals surface area contributed by atoms with Crippen molar-refractivity contribution in [2.75, 3.05) is 13.1 Å². The lowest BCUT2D eigenvalue weighted by Crippen LogP contribution is -2.46. The van der Waals surface area contributed by atoms with Crippen LogP contribution in [-0.4, -0.2) is 24.2 Å². The SMILES string of the molecule is CCCCCCCCN1C=CCNC1CCc1ccccc1. The van der Waals surface area contributed by atoms with Crippen molar-refractivity contribution in [3.8, 4) is 0 Å². The van der Waals surface area contributed by atoms with Crippen molar-refractivity contribution in [3.05, 3.63) is 48.2 Å². The summed E-state index contributed by atoms with van der Waals surface area (Å²) in [5.41, 5.74) is 1.44. The average molecular weight is 300 g/mol. The second-order valence-electron chi connectivity index (χ2n) is 6.34. The quantitative estimate of drug-likeness (QED) is 0.629. The number of benzene rings is 1. The Kier molecular flexibility index (Phi) is 8.11. The summed E-state index contributed by atoms with van der Waals surface area (Å²) in [5.74, 6) is 0. The van der Waals surface area contributed by atoms with Crippen LogP contribution in [0.2, 0.25) is 0 Å². The number of nitrogens with zero attached hydrogens (tertiary/aromatic N) is 1. The van der Waals surface area contributed by atoms with Crippen LogP contribution >= 0.6 is 0 Å². The van der Waals surface area contributed by atoms with Crippen molar-refractivity contribution in [2.24, 2.45) is 0 Å². The molecule has 0 aromatic heterocycles. The van der Waals surface area contributed by atoms with E-state index in [1.54, 1.807) is 0 Å². The largest absolute Gasteiger partial charge is 0.362 e. The van der Waals surface area contributed by atoms with Gasteiger partial charge in [-0.2, -0.15) is 0 Å². The van der Waals surface area contributed by atoms with Crippen LogP contribution in [0, 0.1) is 0 Å². The predicted molar refractivity (Wildman–Crippen MR) is 95.8 cm³/mol. The third kappa shape index (κ3) is 6.23. The van der Waals surface area contributed by atoms with Gasteiger partial charge in [0.05, 0.1) is 6.17 Å². The molecule has 1 atom stereocenters. The van der Waals surface area contributed by atoms with Gasteiger partial charge in [-0.3, -0.25) is 5.32 Å². The van der Waals surface area contributed by atoms with Crippen LogP contribution in [-0.2, 0) is 6.42 Å². The number of nitrogens with one attached hydrogen (secondary N) is 1. The molecule has 1 aromatic rings. The zero-order chi connectivity index (χ0) is 15.5. The summed E-state index contributed by atoms with van der Waals surface area (Å²) >= 11 is 0. The van der Waals surface area contributed by atoms with Gasteiger partial charge in [-0.1, -0.05) is 75.4 Å². The van der Waals surface area contributed by atoms with Gasteiger partial charge in [-0.15, -0.1) is 0 Å². The molecule has 0 saturated carbocycles. The summed E-state index contributed by atoms with van der Waals surface area (Å²) in [4.78, 5) is 2.51. The first-order valence-corrected chi connectivity index (χ1v) is 9.10. The summed E-state index contributed by atoms with van der Waals surface area (Å²) in [6, 6.07) is 10.8. The highest BCUT2D eigenvalue weighted by Crippen LogP contribution is 2.13. The topological polar surface area (TPSA) is 15.3 Å². The molecule has 1 heterocycles. The molecule has 0 spiro atoms. The van der Waals surface area contributed by atoms with E-state index in [4.69, 9.17) is 0 Å². The van der Waals surface area contributed by atoms with Crippen molar-refractivity contribution >= 4 is 0 Å². The van der Waals surface area contributed by atoms with E-state index in [9.17, 15) is 0 Å². The number of rotatable bonds is 10. The maximum absolute atomic E-state index is 3.64. The molecule has 0 radical (unpaired) electrons. The third-order valence-corrected chi connectivity index (χ3v) is 4.49. The zero-order valence-corrected chi connectivity index (χ0v) is 14.1. The number of unbranched alkanes of at least 4 members (excludes halogenated alkanes) is 5. The number of hydrogen-bond acceptors (Lipinski definition) is 2. The first-order valence-electron chi connectivity index (χ1n) is 9.10. The van der Waals surface area contributed by atoms with Gasteiger partial charge in [0.2, 0.25) is 0 Å². The van der Waals surface area contributed by atoms with Gasteiger partial charge in [-0.05, 0) is 31.0 Å². The lowest BCUT2D eigenvalue weighted by Gasteiger charge is -2.34. The Morgan fingerprint density at radius 1 is 1.05 bits per heavy atom. The summed E-state index contributed by atoms with van der Waals surface area (Å²) in [5, 5.41) is 3.64. The summed E-state index contributed by atoms with van der Waals surface area (Å²) in [6.45, 7) is 4.48.